The minimum Gasteiger partial charge on any atom is -0.311 e. The van der Waals surface area contributed by atoms with Crippen LogP contribution < -0.4 is 5.32 Å². The van der Waals surface area contributed by atoms with Gasteiger partial charge in [0.15, 0.2) is 0 Å². The van der Waals surface area contributed by atoms with Crippen molar-refractivity contribution in [1.82, 2.24) is 5.32 Å². The lowest BCUT2D eigenvalue weighted by atomic mass is 9.67. The molecular formula is C12H17Br2NS. The summed E-state index contributed by atoms with van der Waals surface area (Å²) in [6, 6.07) is 2.20. The molecule has 0 bridgehead atoms. The van der Waals surface area contributed by atoms with E-state index in [1.54, 1.807) is 11.3 Å². The van der Waals surface area contributed by atoms with E-state index in [1.807, 2.05) is 0 Å². The van der Waals surface area contributed by atoms with Gasteiger partial charge in [-0.2, -0.15) is 0 Å². The van der Waals surface area contributed by atoms with Crippen molar-refractivity contribution in [3.05, 3.63) is 19.2 Å². The molecule has 1 fully saturated rings. The minimum atomic E-state index is 0.617. The van der Waals surface area contributed by atoms with Gasteiger partial charge in [-0.15, -0.1) is 11.3 Å². The maximum Gasteiger partial charge on any atom is 0.0843 e. The third-order valence-corrected chi connectivity index (χ3v) is 6.92. The largest absolute Gasteiger partial charge is 0.311 e. The first kappa shape index (κ1) is 13.1. The molecule has 16 heavy (non-hydrogen) atoms. The Kier molecular flexibility index (Phi) is 4.50. The van der Waals surface area contributed by atoms with Crippen LogP contribution in [-0.2, 0) is 6.54 Å². The van der Waals surface area contributed by atoms with E-state index in [9.17, 15) is 0 Å². The van der Waals surface area contributed by atoms with Crippen LogP contribution in [0.4, 0.5) is 0 Å². The highest BCUT2D eigenvalue weighted by atomic mass is 79.9. The van der Waals surface area contributed by atoms with Gasteiger partial charge < -0.3 is 5.32 Å². The van der Waals surface area contributed by atoms with Gasteiger partial charge in [-0.05, 0) is 62.6 Å². The lowest BCUT2D eigenvalue weighted by Crippen LogP contribution is -2.39. The molecule has 0 spiro atoms. The fourth-order valence-corrected chi connectivity index (χ4v) is 4.41. The van der Waals surface area contributed by atoms with Crippen LogP contribution in [0, 0.1) is 5.41 Å². The zero-order valence-electron chi connectivity index (χ0n) is 9.48. The first-order chi connectivity index (χ1) is 7.65. The monoisotopic (exact) mass is 365 g/mol. The number of nitrogens with one attached hydrogen (secondary N) is 1. The number of hydrogen-bond acceptors (Lipinski definition) is 2. The van der Waals surface area contributed by atoms with Gasteiger partial charge in [-0.3, -0.25) is 0 Å². The highest BCUT2D eigenvalue weighted by Crippen LogP contribution is 2.43. The molecule has 2 rings (SSSR count). The van der Waals surface area contributed by atoms with Crippen molar-refractivity contribution in [2.45, 2.75) is 39.2 Å². The summed E-state index contributed by atoms with van der Waals surface area (Å²) in [7, 11) is 0. The summed E-state index contributed by atoms with van der Waals surface area (Å²) in [4.78, 5) is 1.39. The molecule has 1 nitrogen and oxygen atoms in total. The molecule has 0 aromatic carbocycles. The molecule has 1 aromatic heterocycles. The van der Waals surface area contributed by atoms with Gasteiger partial charge >= 0.3 is 0 Å². The molecule has 0 radical (unpaired) electrons. The Morgan fingerprint density at radius 1 is 1.44 bits per heavy atom. The first-order valence-corrected chi connectivity index (χ1v) is 8.20. The Balaban J connectivity index is 1.79. The van der Waals surface area contributed by atoms with E-state index < -0.39 is 0 Å². The standard InChI is InChI=1S/C12H17Br2NS/c1-2-12(4-3-5-12)8-15-7-9-6-10(13)11(14)16-9/h6,15H,2-5,7-8H2,1H3. The molecule has 1 aliphatic rings. The van der Waals surface area contributed by atoms with Crippen molar-refractivity contribution >= 4 is 43.2 Å². The van der Waals surface area contributed by atoms with Gasteiger partial charge in [0.1, 0.15) is 0 Å². The SMILES string of the molecule is CCC1(CNCc2cc(Br)c(Br)s2)CCC1. The summed E-state index contributed by atoms with van der Waals surface area (Å²) in [5.41, 5.74) is 0.617. The van der Waals surface area contributed by atoms with Gasteiger partial charge in [0.25, 0.3) is 0 Å². The summed E-state index contributed by atoms with van der Waals surface area (Å²) in [6.45, 7) is 4.49. The number of thiophene rings is 1. The predicted octanol–water partition coefficient (Wildman–Crippen LogP) is 4.94. The zero-order valence-corrected chi connectivity index (χ0v) is 13.5. The Hall–Kier alpha value is 0.620. The van der Waals surface area contributed by atoms with E-state index in [1.165, 1.54) is 45.4 Å². The normalized spacial score (nSPS) is 18.4. The molecule has 4 heteroatoms. The van der Waals surface area contributed by atoms with Crippen molar-refractivity contribution in [2.75, 3.05) is 6.54 Å². The summed E-state index contributed by atoms with van der Waals surface area (Å²) in [6.07, 6.45) is 5.56. The van der Waals surface area contributed by atoms with Gasteiger partial charge in [0, 0.05) is 22.4 Å². The highest BCUT2D eigenvalue weighted by Gasteiger charge is 2.34. The summed E-state index contributed by atoms with van der Waals surface area (Å²) in [5.74, 6) is 0. The number of hydrogen-bond donors (Lipinski definition) is 1. The molecule has 0 amide bonds. The van der Waals surface area contributed by atoms with Crippen LogP contribution in [-0.4, -0.2) is 6.54 Å². The Morgan fingerprint density at radius 3 is 2.62 bits per heavy atom. The molecule has 90 valence electrons. The highest BCUT2D eigenvalue weighted by molar-refractivity contribution is 9.13. The van der Waals surface area contributed by atoms with Crippen LogP contribution in [0.25, 0.3) is 0 Å². The van der Waals surface area contributed by atoms with E-state index in [0.29, 0.717) is 5.41 Å². The van der Waals surface area contributed by atoms with Crippen LogP contribution >= 0.6 is 43.2 Å². The van der Waals surface area contributed by atoms with Crippen LogP contribution in [0.5, 0.6) is 0 Å². The van der Waals surface area contributed by atoms with E-state index in [2.05, 4.69) is 50.2 Å². The van der Waals surface area contributed by atoms with Crippen molar-refractivity contribution in [2.24, 2.45) is 5.41 Å². The van der Waals surface area contributed by atoms with Crippen molar-refractivity contribution in [1.29, 1.82) is 0 Å². The van der Waals surface area contributed by atoms with Gasteiger partial charge in [0.2, 0.25) is 0 Å². The molecule has 0 saturated heterocycles. The molecule has 1 aromatic rings. The van der Waals surface area contributed by atoms with Gasteiger partial charge in [0.05, 0.1) is 3.79 Å². The summed E-state index contributed by atoms with van der Waals surface area (Å²) < 4.78 is 2.36. The zero-order chi connectivity index (χ0) is 11.6. The summed E-state index contributed by atoms with van der Waals surface area (Å²) >= 11 is 8.86. The fourth-order valence-electron chi connectivity index (χ4n) is 2.26. The Morgan fingerprint density at radius 2 is 2.19 bits per heavy atom. The van der Waals surface area contributed by atoms with Crippen LogP contribution in [0.1, 0.15) is 37.5 Å². The smallest absolute Gasteiger partial charge is 0.0843 e. The molecule has 0 atom stereocenters. The Bertz CT molecular complexity index is 333. The third-order valence-electron chi connectivity index (χ3n) is 3.66. The number of halogens is 2. The molecule has 1 saturated carbocycles. The maximum absolute atomic E-state index is 3.60. The maximum atomic E-state index is 3.60. The van der Waals surface area contributed by atoms with E-state index in [4.69, 9.17) is 0 Å². The molecule has 1 N–H and O–H groups in total. The molecule has 1 heterocycles. The second kappa shape index (κ2) is 5.51. The first-order valence-electron chi connectivity index (χ1n) is 5.80. The molecular weight excluding hydrogens is 350 g/mol. The second-order valence-electron chi connectivity index (χ2n) is 4.65. The van der Waals surface area contributed by atoms with E-state index >= 15 is 0 Å². The van der Waals surface area contributed by atoms with E-state index in [-0.39, 0.29) is 0 Å². The quantitative estimate of drug-likeness (QED) is 0.777. The molecule has 0 unspecified atom stereocenters. The Labute approximate surface area is 118 Å². The lowest BCUT2D eigenvalue weighted by molar-refractivity contribution is 0.124. The van der Waals surface area contributed by atoms with Crippen molar-refractivity contribution in [3.63, 3.8) is 0 Å². The van der Waals surface area contributed by atoms with Gasteiger partial charge in [-0.25, -0.2) is 0 Å². The molecule has 1 aliphatic carbocycles. The van der Waals surface area contributed by atoms with Crippen molar-refractivity contribution in [3.8, 4) is 0 Å². The van der Waals surface area contributed by atoms with Crippen LogP contribution in [0.15, 0.2) is 14.3 Å². The summed E-state index contributed by atoms with van der Waals surface area (Å²) in [5, 5.41) is 3.60. The van der Waals surface area contributed by atoms with Crippen LogP contribution in [0.3, 0.4) is 0 Å². The van der Waals surface area contributed by atoms with Crippen LogP contribution in [0.2, 0.25) is 0 Å². The third kappa shape index (κ3) is 2.89. The van der Waals surface area contributed by atoms with Gasteiger partial charge in [-0.1, -0.05) is 13.3 Å². The number of rotatable bonds is 5. The van der Waals surface area contributed by atoms with Crippen molar-refractivity contribution < 1.29 is 0 Å². The lowest BCUT2D eigenvalue weighted by Gasteiger charge is -2.41. The fraction of sp³-hybridized carbons (Fsp3) is 0.667. The van der Waals surface area contributed by atoms with E-state index in [0.717, 1.165) is 6.54 Å². The average Bonchev–Trinajstić information content (AvgIpc) is 2.51. The topological polar surface area (TPSA) is 12.0 Å². The minimum absolute atomic E-state index is 0.617. The second-order valence-corrected chi connectivity index (χ2v) is 7.95. The average molecular weight is 367 g/mol. The predicted molar refractivity (Wildman–Crippen MR) is 78.0 cm³/mol. The molecule has 0 aliphatic heterocycles.